The predicted octanol–water partition coefficient (Wildman–Crippen LogP) is 5.29. The summed E-state index contributed by atoms with van der Waals surface area (Å²) in [7, 11) is 0. The summed E-state index contributed by atoms with van der Waals surface area (Å²) in [5.41, 5.74) is -1.71. The Morgan fingerprint density at radius 3 is 2.00 bits per heavy atom. The summed E-state index contributed by atoms with van der Waals surface area (Å²) >= 11 is 0.150. The van der Waals surface area contributed by atoms with Crippen LogP contribution in [0.15, 0.2) is 34.3 Å². The molecule has 0 unspecified atom stereocenters. The molecule has 0 saturated carbocycles. The Kier molecular flexibility index (Phi) is 3.94. The molecule has 0 spiro atoms. The first-order valence-electron chi connectivity index (χ1n) is 6.26. The number of hydrogen-bond donors (Lipinski definition) is 1. The highest BCUT2D eigenvalue weighted by atomic mass is 32.2. The Morgan fingerprint density at radius 2 is 1.46 bits per heavy atom. The van der Waals surface area contributed by atoms with Crippen LogP contribution >= 0.6 is 11.8 Å². The van der Waals surface area contributed by atoms with E-state index in [-0.39, 0.29) is 16.9 Å². The highest BCUT2D eigenvalue weighted by Crippen LogP contribution is 2.41. The summed E-state index contributed by atoms with van der Waals surface area (Å²) in [6, 6.07) is 6.44. The Morgan fingerprint density at radius 1 is 0.875 bits per heavy atom. The van der Waals surface area contributed by atoms with Crippen molar-refractivity contribution in [3.8, 4) is 0 Å². The van der Waals surface area contributed by atoms with E-state index in [1.807, 2.05) is 0 Å². The van der Waals surface area contributed by atoms with Gasteiger partial charge in [0.05, 0.1) is 15.9 Å². The van der Waals surface area contributed by atoms with E-state index in [0.717, 1.165) is 0 Å². The zero-order valence-electron chi connectivity index (χ0n) is 11.3. The van der Waals surface area contributed by atoms with Crippen molar-refractivity contribution in [1.82, 2.24) is 9.97 Å². The Bertz CT molecular complexity index is 871. The first-order chi connectivity index (χ1) is 11.2. The second kappa shape index (κ2) is 5.69. The average Bonchev–Trinajstić information content (AvgIpc) is 2.91. The topological polar surface area (TPSA) is 28.7 Å². The minimum atomic E-state index is -5.57. The molecular weight excluding hydrogens is 361 g/mol. The van der Waals surface area contributed by atoms with Gasteiger partial charge in [0.1, 0.15) is 5.56 Å². The van der Waals surface area contributed by atoms with Crippen molar-refractivity contribution in [3.63, 3.8) is 0 Å². The van der Waals surface area contributed by atoms with Crippen molar-refractivity contribution >= 4 is 22.8 Å². The van der Waals surface area contributed by atoms with Gasteiger partial charge in [0.15, 0.2) is 28.4 Å². The van der Waals surface area contributed by atoms with Gasteiger partial charge in [0, 0.05) is 0 Å². The molecule has 2 nitrogen and oxygen atoms in total. The minimum Gasteiger partial charge on any atom is -0.333 e. The van der Waals surface area contributed by atoms with Gasteiger partial charge >= 0.3 is 6.18 Å². The summed E-state index contributed by atoms with van der Waals surface area (Å²) in [5, 5.41) is -0.132. The fourth-order valence-corrected chi connectivity index (χ4v) is 2.88. The zero-order valence-corrected chi connectivity index (χ0v) is 12.1. The maximum absolute atomic E-state index is 13.8. The van der Waals surface area contributed by atoms with Gasteiger partial charge in [-0.2, -0.15) is 13.2 Å². The maximum atomic E-state index is 13.8. The molecule has 0 aliphatic rings. The van der Waals surface area contributed by atoms with Gasteiger partial charge in [-0.25, -0.2) is 22.5 Å². The number of halogens is 7. The smallest absolute Gasteiger partial charge is 0.333 e. The molecule has 0 saturated heterocycles. The number of aromatic nitrogens is 2. The van der Waals surface area contributed by atoms with Crippen LogP contribution in [0, 0.1) is 23.3 Å². The summed E-state index contributed by atoms with van der Waals surface area (Å²) in [4.78, 5) is 5.31. The van der Waals surface area contributed by atoms with Crippen LogP contribution in [0.3, 0.4) is 0 Å². The van der Waals surface area contributed by atoms with Gasteiger partial charge < -0.3 is 4.98 Å². The molecule has 0 amide bonds. The van der Waals surface area contributed by atoms with Crippen LogP contribution in [0.1, 0.15) is 5.56 Å². The molecule has 0 radical (unpaired) electrons. The molecule has 0 aliphatic carbocycles. The van der Waals surface area contributed by atoms with Crippen molar-refractivity contribution in [2.75, 3.05) is 0 Å². The van der Waals surface area contributed by atoms with E-state index in [0.29, 0.717) is 11.0 Å². The molecule has 3 rings (SSSR count). The summed E-state index contributed by atoms with van der Waals surface area (Å²) < 4.78 is 92.4. The van der Waals surface area contributed by atoms with E-state index < -0.39 is 39.9 Å². The molecule has 0 atom stereocenters. The number of imidazole rings is 1. The normalized spacial score (nSPS) is 12.1. The molecule has 0 bridgehead atoms. The number of aromatic amines is 1. The number of nitrogens with zero attached hydrogens (tertiary/aromatic N) is 1. The van der Waals surface area contributed by atoms with E-state index in [9.17, 15) is 30.7 Å². The molecule has 10 heteroatoms. The van der Waals surface area contributed by atoms with Crippen LogP contribution in [0.4, 0.5) is 30.7 Å². The number of hydrogen-bond acceptors (Lipinski definition) is 2. The van der Waals surface area contributed by atoms with Gasteiger partial charge in [-0.15, -0.1) is 0 Å². The van der Waals surface area contributed by atoms with Gasteiger partial charge in [0.25, 0.3) is 0 Å². The number of fused-ring (bicyclic) bond motifs is 1. The lowest BCUT2D eigenvalue weighted by atomic mass is 10.1. The van der Waals surface area contributed by atoms with Gasteiger partial charge in [-0.1, -0.05) is 12.1 Å². The standard InChI is InChI=1S/C14H5F7N2S/c15-8-7(14(19,20)21)9(16)11(18)12(10(8)17)24-13-22-5-3-1-2-4-6(5)23-13/h1-4H,(H,22,23). The highest BCUT2D eigenvalue weighted by molar-refractivity contribution is 7.99. The fraction of sp³-hybridized carbons (Fsp3) is 0.0714. The van der Waals surface area contributed by atoms with E-state index in [4.69, 9.17) is 0 Å². The maximum Gasteiger partial charge on any atom is 0.422 e. The van der Waals surface area contributed by atoms with Gasteiger partial charge in [-0.3, -0.25) is 0 Å². The third-order valence-electron chi connectivity index (χ3n) is 3.07. The molecule has 0 aliphatic heterocycles. The van der Waals surface area contributed by atoms with E-state index in [2.05, 4.69) is 9.97 Å². The second-order valence-corrected chi connectivity index (χ2v) is 5.62. The monoisotopic (exact) mass is 366 g/mol. The Hall–Kier alpha value is -2.23. The number of para-hydroxylation sites is 2. The largest absolute Gasteiger partial charge is 0.422 e. The van der Waals surface area contributed by atoms with Crippen molar-refractivity contribution in [2.45, 2.75) is 16.2 Å². The average molecular weight is 366 g/mol. The van der Waals surface area contributed by atoms with Crippen LogP contribution in [-0.4, -0.2) is 9.97 Å². The molecular formula is C14H5F7N2S. The third kappa shape index (κ3) is 2.70. The number of nitrogens with one attached hydrogen (secondary N) is 1. The lowest BCUT2D eigenvalue weighted by Crippen LogP contribution is -2.15. The van der Waals surface area contributed by atoms with Crippen LogP contribution < -0.4 is 0 Å². The van der Waals surface area contributed by atoms with E-state index in [1.165, 1.54) is 0 Å². The van der Waals surface area contributed by atoms with Gasteiger partial charge in [-0.05, 0) is 23.9 Å². The van der Waals surface area contributed by atoms with Crippen LogP contribution in [-0.2, 0) is 6.18 Å². The van der Waals surface area contributed by atoms with E-state index in [1.54, 1.807) is 24.3 Å². The van der Waals surface area contributed by atoms with Crippen LogP contribution in [0.25, 0.3) is 11.0 Å². The summed E-state index contributed by atoms with van der Waals surface area (Å²) in [6.07, 6.45) is -5.57. The molecule has 1 aromatic heterocycles. The minimum absolute atomic E-state index is 0.132. The molecule has 3 aromatic rings. The first-order valence-corrected chi connectivity index (χ1v) is 7.07. The zero-order chi connectivity index (χ0) is 17.6. The van der Waals surface area contributed by atoms with Crippen molar-refractivity contribution in [3.05, 3.63) is 53.1 Å². The number of rotatable bonds is 2. The SMILES string of the molecule is Fc1c(F)c(C(F)(F)F)c(F)c(F)c1Sc1nc2ccccc2[nH]1. The van der Waals surface area contributed by atoms with Gasteiger partial charge in [0.2, 0.25) is 0 Å². The summed E-state index contributed by atoms with van der Waals surface area (Å²) in [5.74, 6) is -9.27. The van der Waals surface area contributed by atoms with Crippen molar-refractivity contribution < 1.29 is 30.7 Å². The predicted molar refractivity (Wildman–Crippen MR) is 71.5 cm³/mol. The van der Waals surface area contributed by atoms with Crippen LogP contribution in [0.2, 0.25) is 0 Å². The number of H-pyrrole nitrogens is 1. The second-order valence-electron chi connectivity index (χ2n) is 4.62. The number of benzene rings is 2. The lowest BCUT2D eigenvalue weighted by molar-refractivity contribution is -0.143. The molecule has 126 valence electrons. The lowest BCUT2D eigenvalue weighted by Gasteiger charge is -2.13. The Labute approximate surface area is 133 Å². The molecule has 0 fully saturated rings. The number of alkyl halides is 3. The van der Waals surface area contributed by atoms with Crippen molar-refractivity contribution in [2.24, 2.45) is 0 Å². The van der Waals surface area contributed by atoms with Crippen molar-refractivity contribution in [1.29, 1.82) is 0 Å². The summed E-state index contributed by atoms with van der Waals surface area (Å²) in [6.45, 7) is 0. The molecule has 24 heavy (non-hydrogen) atoms. The first kappa shape index (κ1) is 16.6. The quantitative estimate of drug-likeness (QED) is 0.493. The highest BCUT2D eigenvalue weighted by Gasteiger charge is 2.42. The van der Waals surface area contributed by atoms with E-state index >= 15 is 0 Å². The molecule has 1 heterocycles. The third-order valence-corrected chi connectivity index (χ3v) is 4.02. The Balaban J connectivity index is 2.11. The fourth-order valence-electron chi connectivity index (χ4n) is 2.02. The molecule has 2 aromatic carbocycles. The molecule has 1 N–H and O–H groups in total. The van der Waals surface area contributed by atoms with Crippen LogP contribution in [0.5, 0.6) is 0 Å².